The van der Waals surface area contributed by atoms with E-state index in [-0.39, 0.29) is 11.8 Å². The fourth-order valence-corrected chi connectivity index (χ4v) is 3.58. The van der Waals surface area contributed by atoms with Crippen LogP contribution in [0.5, 0.6) is 5.75 Å². The van der Waals surface area contributed by atoms with Crippen molar-refractivity contribution >= 4 is 11.8 Å². The van der Waals surface area contributed by atoms with Gasteiger partial charge < -0.3 is 19.7 Å². The summed E-state index contributed by atoms with van der Waals surface area (Å²) in [7, 11) is 1.64. The second kappa shape index (κ2) is 10.1. The first-order chi connectivity index (χ1) is 14.2. The molecule has 1 aliphatic heterocycles. The molecule has 0 bridgehead atoms. The lowest BCUT2D eigenvalue weighted by atomic mass is 10.0. The minimum atomic E-state index is -0.594. The summed E-state index contributed by atoms with van der Waals surface area (Å²) in [5.41, 5.74) is 2.47. The summed E-state index contributed by atoms with van der Waals surface area (Å²) in [4.78, 5) is 27.5. The van der Waals surface area contributed by atoms with Gasteiger partial charge in [-0.15, -0.1) is 0 Å². The lowest BCUT2D eigenvalue weighted by Crippen LogP contribution is -2.40. The average Bonchev–Trinajstić information content (AvgIpc) is 3.03. The zero-order chi connectivity index (χ0) is 20.6. The van der Waals surface area contributed by atoms with Crippen LogP contribution in [0.25, 0.3) is 0 Å². The van der Waals surface area contributed by atoms with Gasteiger partial charge in [0.15, 0.2) is 0 Å². The highest BCUT2D eigenvalue weighted by atomic mass is 16.5. The van der Waals surface area contributed by atoms with Gasteiger partial charge in [-0.25, -0.2) is 0 Å². The maximum Gasteiger partial charge on any atom is 0.255 e. The molecule has 1 N–H and O–H groups in total. The van der Waals surface area contributed by atoms with Crippen LogP contribution in [0.3, 0.4) is 0 Å². The normalized spacial score (nSPS) is 15.3. The van der Waals surface area contributed by atoms with Crippen LogP contribution in [0, 0.1) is 0 Å². The predicted octanol–water partition coefficient (Wildman–Crippen LogP) is 2.98. The Kier molecular flexibility index (Phi) is 7.25. The Labute approximate surface area is 171 Å². The highest BCUT2D eigenvalue weighted by molar-refractivity contribution is 6.04. The van der Waals surface area contributed by atoms with E-state index in [0.29, 0.717) is 38.3 Å². The highest BCUT2D eigenvalue weighted by Gasteiger charge is 2.40. The summed E-state index contributed by atoms with van der Waals surface area (Å²) in [6.07, 6.45) is 1.40. The standard InChI is InChI=1S/C23H28N2O4/c1-3-29-18-11-9-17(10-12-18)13-15-25-21(22(26)24-14-6-16-28-2)19-7-4-5-8-20(19)23(25)27/h4-5,7-12,21H,3,6,13-16H2,1-2H3,(H,24,26)/t21-/m0/s1. The molecule has 6 heteroatoms. The Balaban J connectivity index is 1.71. The third kappa shape index (κ3) is 4.95. The molecule has 154 valence electrons. The molecule has 0 aromatic heterocycles. The largest absolute Gasteiger partial charge is 0.494 e. The van der Waals surface area contributed by atoms with Crippen LogP contribution in [0.2, 0.25) is 0 Å². The van der Waals surface area contributed by atoms with Crippen molar-refractivity contribution < 1.29 is 19.1 Å². The minimum Gasteiger partial charge on any atom is -0.494 e. The van der Waals surface area contributed by atoms with Gasteiger partial charge in [0.25, 0.3) is 5.91 Å². The molecular formula is C23H28N2O4. The van der Waals surface area contributed by atoms with Crippen LogP contribution >= 0.6 is 0 Å². The summed E-state index contributed by atoms with van der Waals surface area (Å²) in [5, 5.41) is 2.94. The number of rotatable bonds is 10. The Bertz CT molecular complexity index is 835. The third-order valence-electron chi connectivity index (χ3n) is 5.01. The molecule has 0 fully saturated rings. The number of carbonyl (C=O) groups is 2. The Morgan fingerprint density at radius 2 is 1.90 bits per heavy atom. The van der Waals surface area contributed by atoms with Gasteiger partial charge in [-0.05, 0) is 49.1 Å². The summed E-state index contributed by atoms with van der Waals surface area (Å²) < 4.78 is 10.5. The van der Waals surface area contributed by atoms with Gasteiger partial charge in [0.05, 0.1) is 6.61 Å². The number of nitrogens with one attached hydrogen (secondary N) is 1. The van der Waals surface area contributed by atoms with Crippen molar-refractivity contribution in [2.24, 2.45) is 0 Å². The SMILES string of the molecule is CCOc1ccc(CCN2C(=O)c3ccccc3[C@H]2C(=O)NCCCOC)cc1. The second-order valence-corrected chi connectivity index (χ2v) is 6.95. The monoisotopic (exact) mass is 396 g/mol. The van der Waals surface area contributed by atoms with E-state index in [1.165, 1.54) is 0 Å². The molecule has 6 nitrogen and oxygen atoms in total. The van der Waals surface area contributed by atoms with Gasteiger partial charge in [0.1, 0.15) is 11.8 Å². The summed E-state index contributed by atoms with van der Waals surface area (Å²) in [6.45, 7) is 4.15. The van der Waals surface area contributed by atoms with Crippen molar-refractivity contribution in [3.8, 4) is 5.75 Å². The zero-order valence-corrected chi connectivity index (χ0v) is 17.0. The summed E-state index contributed by atoms with van der Waals surface area (Å²) in [5.74, 6) is 0.587. The fourth-order valence-electron chi connectivity index (χ4n) is 3.58. The van der Waals surface area contributed by atoms with Crippen molar-refractivity contribution in [2.45, 2.75) is 25.8 Å². The number of hydrogen-bond donors (Lipinski definition) is 1. The molecule has 1 atom stereocenters. The van der Waals surface area contributed by atoms with E-state index >= 15 is 0 Å². The first-order valence-corrected chi connectivity index (χ1v) is 10.0. The number of hydrogen-bond acceptors (Lipinski definition) is 4. The highest BCUT2D eigenvalue weighted by Crippen LogP contribution is 2.33. The number of ether oxygens (including phenoxy) is 2. The van der Waals surface area contributed by atoms with Crippen molar-refractivity contribution in [3.63, 3.8) is 0 Å². The van der Waals surface area contributed by atoms with E-state index in [2.05, 4.69) is 5.32 Å². The topological polar surface area (TPSA) is 67.9 Å². The lowest BCUT2D eigenvalue weighted by Gasteiger charge is -2.24. The van der Waals surface area contributed by atoms with Crippen molar-refractivity contribution in [3.05, 3.63) is 65.2 Å². The van der Waals surface area contributed by atoms with E-state index in [9.17, 15) is 9.59 Å². The first-order valence-electron chi connectivity index (χ1n) is 10.0. The number of carbonyl (C=O) groups excluding carboxylic acids is 2. The molecule has 0 radical (unpaired) electrons. The zero-order valence-electron chi connectivity index (χ0n) is 17.0. The second-order valence-electron chi connectivity index (χ2n) is 6.95. The minimum absolute atomic E-state index is 0.0939. The van der Waals surface area contributed by atoms with Gasteiger partial charge >= 0.3 is 0 Å². The maximum atomic E-state index is 13.0. The van der Waals surface area contributed by atoms with E-state index in [4.69, 9.17) is 9.47 Å². The van der Waals surface area contributed by atoms with E-state index in [1.807, 2.05) is 49.4 Å². The fraction of sp³-hybridized carbons (Fsp3) is 0.391. The van der Waals surface area contributed by atoms with E-state index in [0.717, 1.165) is 23.3 Å². The predicted molar refractivity (Wildman–Crippen MR) is 111 cm³/mol. The lowest BCUT2D eigenvalue weighted by molar-refractivity contribution is -0.125. The quantitative estimate of drug-likeness (QED) is 0.627. The molecule has 3 rings (SSSR count). The molecule has 0 spiro atoms. The van der Waals surface area contributed by atoms with Crippen LogP contribution in [-0.2, 0) is 16.0 Å². The molecule has 2 aromatic carbocycles. The van der Waals surface area contributed by atoms with E-state index in [1.54, 1.807) is 18.1 Å². The molecule has 0 aliphatic carbocycles. The number of amides is 2. The van der Waals surface area contributed by atoms with Gasteiger partial charge in [0, 0.05) is 32.4 Å². The van der Waals surface area contributed by atoms with Gasteiger partial charge in [-0.3, -0.25) is 9.59 Å². The van der Waals surface area contributed by atoms with Gasteiger partial charge in [0.2, 0.25) is 5.91 Å². The van der Waals surface area contributed by atoms with Crippen molar-refractivity contribution in [1.82, 2.24) is 10.2 Å². The van der Waals surface area contributed by atoms with Crippen LogP contribution < -0.4 is 10.1 Å². The third-order valence-corrected chi connectivity index (χ3v) is 5.01. The van der Waals surface area contributed by atoms with Gasteiger partial charge in [-0.2, -0.15) is 0 Å². The summed E-state index contributed by atoms with van der Waals surface area (Å²) >= 11 is 0. The van der Waals surface area contributed by atoms with Crippen LogP contribution in [0.4, 0.5) is 0 Å². The van der Waals surface area contributed by atoms with Crippen molar-refractivity contribution in [2.75, 3.05) is 33.4 Å². The Morgan fingerprint density at radius 1 is 1.14 bits per heavy atom. The molecule has 2 aromatic rings. The molecule has 2 amide bonds. The average molecular weight is 396 g/mol. The molecule has 0 saturated carbocycles. The molecule has 1 heterocycles. The Morgan fingerprint density at radius 3 is 2.62 bits per heavy atom. The Hall–Kier alpha value is -2.86. The molecule has 0 unspecified atom stereocenters. The van der Waals surface area contributed by atoms with E-state index < -0.39 is 6.04 Å². The van der Waals surface area contributed by atoms with Crippen molar-refractivity contribution in [1.29, 1.82) is 0 Å². The van der Waals surface area contributed by atoms with Crippen LogP contribution in [0.15, 0.2) is 48.5 Å². The number of fused-ring (bicyclic) bond motifs is 1. The van der Waals surface area contributed by atoms with Crippen LogP contribution in [0.1, 0.15) is 40.9 Å². The first kappa shape index (κ1) is 20.9. The number of benzene rings is 2. The smallest absolute Gasteiger partial charge is 0.255 e. The van der Waals surface area contributed by atoms with Gasteiger partial charge in [-0.1, -0.05) is 30.3 Å². The maximum absolute atomic E-state index is 13.0. The molecule has 0 saturated heterocycles. The number of nitrogens with zero attached hydrogens (tertiary/aromatic N) is 1. The molecular weight excluding hydrogens is 368 g/mol. The number of methoxy groups -OCH3 is 1. The summed E-state index contributed by atoms with van der Waals surface area (Å²) in [6, 6.07) is 14.6. The molecule has 29 heavy (non-hydrogen) atoms. The molecule has 1 aliphatic rings. The van der Waals surface area contributed by atoms with Crippen LogP contribution in [-0.4, -0.2) is 50.1 Å².